The van der Waals surface area contributed by atoms with Crippen molar-refractivity contribution in [3.05, 3.63) is 54.1 Å². The van der Waals surface area contributed by atoms with Crippen molar-refractivity contribution in [2.75, 3.05) is 7.11 Å². The third-order valence-electron chi connectivity index (χ3n) is 4.93. The van der Waals surface area contributed by atoms with E-state index in [1.165, 1.54) is 19.2 Å². The van der Waals surface area contributed by atoms with Gasteiger partial charge in [-0.05, 0) is 60.7 Å². The average Bonchev–Trinajstić information content (AvgIpc) is 2.70. The highest BCUT2D eigenvalue weighted by atomic mass is 32.2. The highest BCUT2D eigenvalue weighted by molar-refractivity contribution is 7.87. The third-order valence-corrected chi connectivity index (χ3v) is 6.19. The molecule has 0 heterocycles. The van der Waals surface area contributed by atoms with Crippen LogP contribution in [0.25, 0.3) is 0 Å². The molecule has 170 valence electrons. The lowest BCUT2D eigenvalue weighted by molar-refractivity contribution is -0.135. The molecule has 0 fully saturated rings. The van der Waals surface area contributed by atoms with Crippen LogP contribution in [0.2, 0.25) is 0 Å². The second kappa shape index (κ2) is 10.2. The molecule has 1 atom stereocenters. The van der Waals surface area contributed by atoms with E-state index in [9.17, 15) is 13.2 Å². The SMILES string of the molecule is CCC(C)N(Cc1cccc(OS(=O)(=O)c2ccc(OC)cc2)c1)C(=O)CC(C)(C)C. The molecule has 2 rings (SSSR count). The van der Waals surface area contributed by atoms with Crippen LogP contribution in [0.5, 0.6) is 11.5 Å². The predicted molar refractivity (Wildman–Crippen MR) is 122 cm³/mol. The third kappa shape index (κ3) is 7.28. The molecule has 31 heavy (non-hydrogen) atoms. The summed E-state index contributed by atoms with van der Waals surface area (Å²) in [6.45, 7) is 10.6. The van der Waals surface area contributed by atoms with Gasteiger partial charge in [0.25, 0.3) is 0 Å². The van der Waals surface area contributed by atoms with Gasteiger partial charge in [-0.1, -0.05) is 39.8 Å². The average molecular weight is 448 g/mol. The Kier molecular flexibility index (Phi) is 8.12. The highest BCUT2D eigenvalue weighted by Gasteiger charge is 2.25. The second-order valence-corrected chi connectivity index (χ2v) is 10.4. The van der Waals surface area contributed by atoms with Crippen LogP contribution >= 0.6 is 0 Å². The van der Waals surface area contributed by atoms with Crippen molar-refractivity contribution in [3.8, 4) is 11.5 Å². The summed E-state index contributed by atoms with van der Waals surface area (Å²) < 4.78 is 35.7. The number of amides is 1. The molecule has 1 unspecified atom stereocenters. The van der Waals surface area contributed by atoms with Gasteiger partial charge in [0, 0.05) is 19.0 Å². The first-order valence-electron chi connectivity index (χ1n) is 10.4. The van der Waals surface area contributed by atoms with Crippen molar-refractivity contribution in [3.63, 3.8) is 0 Å². The van der Waals surface area contributed by atoms with Crippen molar-refractivity contribution < 1.29 is 22.1 Å². The Morgan fingerprint density at radius 2 is 1.71 bits per heavy atom. The summed E-state index contributed by atoms with van der Waals surface area (Å²) in [5, 5.41) is 0. The zero-order valence-electron chi connectivity index (χ0n) is 19.2. The van der Waals surface area contributed by atoms with Gasteiger partial charge in [0.1, 0.15) is 16.4 Å². The van der Waals surface area contributed by atoms with E-state index >= 15 is 0 Å². The van der Waals surface area contributed by atoms with Gasteiger partial charge in [-0.3, -0.25) is 4.79 Å². The minimum Gasteiger partial charge on any atom is -0.497 e. The zero-order chi connectivity index (χ0) is 23.2. The fourth-order valence-corrected chi connectivity index (χ4v) is 4.00. The minimum atomic E-state index is -3.98. The van der Waals surface area contributed by atoms with Gasteiger partial charge in [0.2, 0.25) is 5.91 Å². The number of nitrogens with zero attached hydrogens (tertiary/aromatic N) is 1. The highest BCUT2D eigenvalue weighted by Crippen LogP contribution is 2.25. The van der Waals surface area contributed by atoms with Crippen LogP contribution < -0.4 is 8.92 Å². The molecule has 1 amide bonds. The maximum Gasteiger partial charge on any atom is 0.339 e. The van der Waals surface area contributed by atoms with Crippen LogP contribution in [0, 0.1) is 5.41 Å². The van der Waals surface area contributed by atoms with Gasteiger partial charge in [-0.2, -0.15) is 8.42 Å². The molecule has 2 aromatic carbocycles. The molecule has 0 N–H and O–H groups in total. The molecular formula is C24H33NO5S. The van der Waals surface area contributed by atoms with E-state index < -0.39 is 10.1 Å². The van der Waals surface area contributed by atoms with Crippen LogP contribution in [-0.2, 0) is 21.5 Å². The van der Waals surface area contributed by atoms with Crippen LogP contribution in [0.3, 0.4) is 0 Å². The van der Waals surface area contributed by atoms with Crippen LogP contribution in [0.15, 0.2) is 53.4 Å². The molecule has 0 saturated carbocycles. The zero-order valence-corrected chi connectivity index (χ0v) is 20.0. The second-order valence-electron chi connectivity index (χ2n) is 8.88. The van der Waals surface area contributed by atoms with Crippen molar-refractivity contribution in [2.45, 2.75) is 64.9 Å². The Balaban J connectivity index is 2.21. The molecule has 7 heteroatoms. The van der Waals surface area contributed by atoms with Gasteiger partial charge in [0.05, 0.1) is 7.11 Å². The van der Waals surface area contributed by atoms with Crippen LogP contribution in [-0.4, -0.2) is 32.4 Å². The maximum absolute atomic E-state index is 12.9. The van der Waals surface area contributed by atoms with Crippen molar-refractivity contribution in [1.82, 2.24) is 4.90 Å². The fraction of sp³-hybridized carbons (Fsp3) is 0.458. The molecule has 2 aromatic rings. The van der Waals surface area contributed by atoms with Crippen LogP contribution in [0.1, 0.15) is 53.0 Å². The lowest BCUT2D eigenvalue weighted by Gasteiger charge is -2.31. The van der Waals surface area contributed by atoms with Gasteiger partial charge >= 0.3 is 10.1 Å². The summed E-state index contributed by atoms with van der Waals surface area (Å²) in [6, 6.07) is 12.9. The number of hydrogen-bond donors (Lipinski definition) is 0. The predicted octanol–water partition coefficient (Wildman–Crippen LogP) is 5.03. The van der Waals surface area contributed by atoms with Crippen molar-refractivity contribution >= 4 is 16.0 Å². The Hall–Kier alpha value is -2.54. The number of hydrogen-bond acceptors (Lipinski definition) is 5. The molecule has 6 nitrogen and oxygen atoms in total. The Morgan fingerprint density at radius 1 is 1.06 bits per heavy atom. The molecule has 0 aliphatic carbocycles. The Labute approximate surface area is 186 Å². The molecule has 0 spiro atoms. The first-order valence-corrected chi connectivity index (χ1v) is 11.8. The van der Waals surface area contributed by atoms with E-state index in [4.69, 9.17) is 8.92 Å². The van der Waals surface area contributed by atoms with Gasteiger partial charge in [-0.15, -0.1) is 0 Å². The van der Waals surface area contributed by atoms with Crippen molar-refractivity contribution in [1.29, 1.82) is 0 Å². The van der Waals surface area contributed by atoms with Gasteiger partial charge in [-0.25, -0.2) is 0 Å². The smallest absolute Gasteiger partial charge is 0.339 e. The fourth-order valence-electron chi connectivity index (χ4n) is 3.07. The largest absolute Gasteiger partial charge is 0.497 e. The molecule has 0 aliphatic heterocycles. The number of carbonyl (C=O) groups is 1. The van der Waals surface area contributed by atoms with Gasteiger partial charge < -0.3 is 13.8 Å². The van der Waals surface area contributed by atoms with E-state index in [-0.39, 0.29) is 28.0 Å². The molecule has 0 bridgehead atoms. The number of carbonyl (C=O) groups excluding carboxylic acids is 1. The number of ether oxygens (including phenoxy) is 1. The van der Waals surface area contributed by atoms with E-state index in [1.54, 1.807) is 30.3 Å². The topological polar surface area (TPSA) is 72.9 Å². The van der Waals surface area contributed by atoms with Crippen LogP contribution in [0.4, 0.5) is 0 Å². The molecule has 0 saturated heterocycles. The number of benzene rings is 2. The molecule has 0 aromatic heterocycles. The summed E-state index contributed by atoms with van der Waals surface area (Å²) >= 11 is 0. The lowest BCUT2D eigenvalue weighted by Crippen LogP contribution is -2.39. The summed E-state index contributed by atoms with van der Waals surface area (Å²) in [6.07, 6.45) is 1.28. The molecule has 0 aliphatic rings. The first-order chi connectivity index (χ1) is 14.4. The van der Waals surface area contributed by atoms with E-state index in [0.717, 1.165) is 12.0 Å². The summed E-state index contributed by atoms with van der Waals surface area (Å²) in [7, 11) is -2.47. The summed E-state index contributed by atoms with van der Waals surface area (Å²) in [5.41, 5.74) is 0.699. The lowest BCUT2D eigenvalue weighted by atomic mass is 9.91. The van der Waals surface area contributed by atoms with E-state index in [1.807, 2.05) is 45.6 Å². The monoisotopic (exact) mass is 447 g/mol. The maximum atomic E-state index is 12.9. The van der Waals surface area contributed by atoms with E-state index in [2.05, 4.69) is 0 Å². The Bertz CT molecular complexity index is 978. The normalized spacial score (nSPS) is 12.8. The number of methoxy groups -OCH3 is 1. The van der Waals surface area contributed by atoms with Crippen molar-refractivity contribution in [2.24, 2.45) is 5.41 Å². The number of rotatable bonds is 9. The molecule has 0 radical (unpaired) electrons. The summed E-state index contributed by atoms with van der Waals surface area (Å²) in [4.78, 5) is 14.8. The van der Waals surface area contributed by atoms with E-state index in [0.29, 0.717) is 18.7 Å². The quantitative estimate of drug-likeness (QED) is 0.504. The molecular weight excluding hydrogens is 414 g/mol. The standard InChI is InChI=1S/C24H33NO5S/c1-7-18(2)25(23(26)16-24(3,4)5)17-19-9-8-10-21(15-19)30-31(27,28)22-13-11-20(29-6)12-14-22/h8-15,18H,7,16-17H2,1-6H3. The first kappa shape index (κ1) is 24.7. The minimum absolute atomic E-state index is 0.0419. The summed E-state index contributed by atoms with van der Waals surface area (Å²) in [5.74, 6) is 0.853. The Morgan fingerprint density at radius 3 is 2.26 bits per heavy atom. The van der Waals surface area contributed by atoms with Gasteiger partial charge in [0.15, 0.2) is 0 Å².